The van der Waals surface area contributed by atoms with Crippen LogP contribution >= 0.6 is 35.0 Å². The van der Waals surface area contributed by atoms with E-state index in [-0.39, 0.29) is 23.1 Å². The van der Waals surface area contributed by atoms with Gasteiger partial charge in [-0.3, -0.25) is 9.69 Å². The number of thioether (sulfide) groups is 1. The summed E-state index contributed by atoms with van der Waals surface area (Å²) in [5.41, 5.74) is 2.17. The smallest absolute Gasteiger partial charge is 0.351 e. The molecule has 30 heavy (non-hydrogen) atoms. The Balaban J connectivity index is 2.04. The third kappa shape index (κ3) is 4.65. The summed E-state index contributed by atoms with van der Waals surface area (Å²) in [6, 6.07) is 14.3. The Bertz CT molecular complexity index is 1060. The summed E-state index contributed by atoms with van der Waals surface area (Å²) in [4.78, 5) is 27.1. The largest absolute Gasteiger partial charge is 0.462 e. The van der Waals surface area contributed by atoms with Crippen LogP contribution in [0.2, 0.25) is 10.0 Å². The van der Waals surface area contributed by atoms with Crippen LogP contribution in [0, 0.1) is 18.3 Å². The van der Waals surface area contributed by atoms with E-state index in [2.05, 4.69) is 0 Å². The van der Waals surface area contributed by atoms with E-state index in [9.17, 15) is 14.9 Å². The molecular weight excluding hydrogens is 443 g/mol. The molecule has 1 aliphatic rings. The zero-order valence-corrected chi connectivity index (χ0v) is 18.6. The number of carbonyl (C=O) groups is 2. The maximum Gasteiger partial charge on any atom is 0.351 e. The number of amides is 1. The predicted octanol–water partition coefficient (Wildman–Crippen LogP) is 5.29. The molecular formula is C22H18Cl2N2O3S. The Hall–Kier alpha value is -2.46. The Labute approximate surface area is 189 Å². The molecule has 2 aromatic carbocycles. The van der Waals surface area contributed by atoms with E-state index < -0.39 is 11.2 Å². The highest BCUT2D eigenvalue weighted by atomic mass is 35.5. The molecule has 1 heterocycles. The van der Waals surface area contributed by atoms with Crippen LogP contribution in [0.25, 0.3) is 0 Å². The fraction of sp³-hybridized carbons (Fsp3) is 0.227. The molecule has 1 amide bonds. The van der Waals surface area contributed by atoms with Crippen LogP contribution in [0.3, 0.4) is 0 Å². The number of esters is 1. The first-order valence-corrected chi connectivity index (χ1v) is 10.8. The molecule has 0 spiro atoms. The summed E-state index contributed by atoms with van der Waals surface area (Å²) in [5.74, 6) is -0.987. The summed E-state index contributed by atoms with van der Waals surface area (Å²) in [6.45, 7) is 3.73. The fourth-order valence-electron chi connectivity index (χ4n) is 2.99. The second kappa shape index (κ2) is 9.57. The lowest BCUT2D eigenvalue weighted by Gasteiger charge is -2.18. The molecule has 8 heteroatoms. The lowest BCUT2D eigenvalue weighted by Crippen LogP contribution is -2.30. The number of nitriles is 1. The number of benzene rings is 2. The van der Waals surface area contributed by atoms with Crippen molar-refractivity contribution in [1.82, 2.24) is 0 Å². The van der Waals surface area contributed by atoms with E-state index in [4.69, 9.17) is 27.9 Å². The van der Waals surface area contributed by atoms with Crippen molar-refractivity contribution in [2.45, 2.75) is 25.5 Å². The highest BCUT2D eigenvalue weighted by Crippen LogP contribution is 2.42. The van der Waals surface area contributed by atoms with E-state index in [1.54, 1.807) is 37.3 Å². The third-order valence-electron chi connectivity index (χ3n) is 4.47. The van der Waals surface area contributed by atoms with Crippen molar-refractivity contribution in [3.05, 3.63) is 74.2 Å². The molecule has 1 fully saturated rings. The van der Waals surface area contributed by atoms with Gasteiger partial charge in [0, 0.05) is 15.7 Å². The average Bonchev–Trinajstić information content (AvgIpc) is 3.01. The standard InChI is InChI=1S/C22H18Cl2N2O3S/c1-3-29-22(28)17(12-25)21-26(16-8-4-13(2)5-9-16)20(27)19(30-21)10-14-6-7-15(23)11-18(14)24/h4-9,11,19H,3,10H2,1-2H3/b21-17-/t19-/m0/s1. The molecule has 0 aliphatic carbocycles. The number of anilines is 1. The molecule has 0 saturated carbocycles. The Kier molecular flexibility index (Phi) is 7.09. The van der Waals surface area contributed by atoms with Gasteiger partial charge in [-0.15, -0.1) is 0 Å². The summed E-state index contributed by atoms with van der Waals surface area (Å²) in [6.07, 6.45) is 0.326. The maximum absolute atomic E-state index is 13.3. The highest BCUT2D eigenvalue weighted by molar-refractivity contribution is 8.05. The zero-order valence-electron chi connectivity index (χ0n) is 16.3. The summed E-state index contributed by atoms with van der Waals surface area (Å²) in [5, 5.41) is 10.3. The SMILES string of the molecule is CCOC(=O)/C(C#N)=C1\S[C@@H](Cc2ccc(Cl)cc2Cl)C(=O)N1c1ccc(C)cc1. The second-order valence-corrected chi connectivity index (χ2v) is 8.60. The van der Waals surface area contributed by atoms with Gasteiger partial charge in [-0.2, -0.15) is 5.26 Å². The van der Waals surface area contributed by atoms with Crippen molar-refractivity contribution >= 4 is 52.5 Å². The lowest BCUT2D eigenvalue weighted by atomic mass is 10.1. The topological polar surface area (TPSA) is 70.4 Å². The molecule has 0 N–H and O–H groups in total. The molecule has 0 radical (unpaired) electrons. The van der Waals surface area contributed by atoms with E-state index in [1.807, 2.05) is 25.1 Å². The minimum Gasteiger partial charge on any atom is -0.462 e. The van der Waals surface area contributed by atoms with Crippen molar-refractivity contribution < 1.29 is 14.3 Å². The molecule has 0 aromatic heterocycles. The second-order valence-electron chi connectivity index (χ2n) is 6.57. The van der Waals surface area contributed by atoms with Crippen molar-refractivity contribution in [2.75, 3.05) is 11.5 Å². The number of hydrogen-bond donors (Lipinski definition) is 0. The molecule has 154 valence electrons. The molecule has 0 unspecified atom stereocenters. The number of hydrogen-bond acceptors (Lipinski definition) is 5. The van der Waals surface area contributed by atoms with E-state index in [0.29, 0.717) is 22.2 Å². The van der Waals surface area contributed by atoms with Crippen LogP contribution in [-0.2, 0) is 20.7 Å². The summed E-state index contributed by atoms with van der Waals surface area (Å²) in [7, 11) is 0. The van der Waals surface area contributed by atoms with Crippen LogP contribution < -0.4 is 4.90 Å². The number of aryl methyl sites for hydroxylation is 1. The molecule has 1 saturated heterocycles. The molecule has 2 aromatic rings. The minimum atomic E-state index is -0.752. The van der Waals surface area contributed by atoms with Gasteiger partial charge in [-0.05, 0) is 50.1 Å². The summed E-state index contributed by atoms with van der Waals surface area (Å²) < 4.78 is 5.03. The molecule has 3 rings (SSSR count). The van der Waals surface area contributed by atoms with Crippen LogP contribution in [0.1, 0.15) is 18.1 Å². The van der Waals surface area contributed by atoms with E-state index >= 15 is 0 Å². The summed E-state index contributed by atoms with van der Waals surface area (Å²) >= 11 is 13.4. The van der Waals surface area contributed by atoms with Gasteiger partial charge in [0.25, 0.3) is 0 Å². The van der Waals surface area contributed by atoms with Gasteiger partial charge in [-0.25, -0.2) is 4.79 Å². The van der Waals surface area contributed by atoms with Crippen molar-refractivity contribution in [3.63, 3.8) is 0 Å². The van der Waals surface area contributed by atoms with Crippen LogP contribution in [0.15, 0.2) is 53.1 Å². The van der Waals surface area contributed by atoms with Crippen molar-refractivity contribution in [1.29, 1.82) is 5.26 Å². The van der Waals surface area contributed by atoms with Gasteiger partial charge in [0.05, 0.1) is 11.9 Å². The van der Waals surface area contributed by atoms with Gasteiger partial charge in [0.2, 0.25) is 5.91 Å². The average molecular weight is 461 g/mol. The first-order valence-electron chi connectivity index (χ1n) is 9.18. The minimum absolute atomic E-state index is 0.129. The molecule has 1 atom stereocenters. The first-order chi connectivity index (χ1) is 14.3. The van der Waals surface area contributed by atoms with Gasteiger partial charge in [-0.1, -0.05) is 58.7 Å². The quantitative estimate of drug-likeness (QED) is 0.344. The lowest BCUT2D eigenvalue weighted by molar-refractivity contribution is -0.138. The normalized spacial score (nSPS) is 17.6. The van der Waals surface area contributed by atoms with Crippen molar-refractivity contribution in [3.8, 4) is 6.07 Å². The first kappa shape index (κ1) is 22.2. The van der Waals surface area contributed by atoms with Gasteiger partial charge in [0.15, 0.2) is 5.57 Å². The Morgan fingerprint density at radius 1 is 1.23 bits per heavy atom. The number of halogens is 2. The fourth-order valence-corrected chi connectivity index (χ4v) is 4.76. The Morgan fingerprint density at radius 3 is 2.53 bits per heavy atom. The van der Waals surface area contributed by atoms with Crippen LogP contribution in [0.5, 0.6) is 0 Å². The van der Waals surface area contributed by atoms with Crippen LogP contribution in [-0.4, -0.2) is 23.7 Å². The number of rotatable bonds is 5. The van der Waals surface area contributed by atoms with Gasteiger partial charge >= 0.3 is 5.97 Å². The highest BCUT2D eigenvalue weighted by Gasteiger charge is 2.41. The third-order valence-corrected chi connectivity index (χ3v) is 6.32. The Morgan fingerprint density at radius 2 is 1.93 bits per heavy atom. The number of ether oxygens (including phenoxy) is 1. The maximum atomic E-state index is 13.3. The molecule has 1 aliphatic heterocycles. The number of carbonyl (C=O) groups excluding carboxylic acids is 2. The van der Waals surface area contributed by atoms with Crippen molar-refractivity contribution in [2.24, 2.45) is 0 Å². The zero-order chi connectivity index (χ0) is 21.8. The van der Waals surface area contributed by atoms with Gasteiger partial charge < -0.3 is 4.74 Å². The van der Waals surface area contributed by atoms with E-state index in [0.717, 1.165) is 22.9 Å². The van der Waals surface area contributed by atoms with Crippen LogP contribution in [0.4, 0.5) is 5.69 Å². The molecule has 5 nitrogen and oxygen atoms in total. The predicted molar refractivity (Wildman–Crippen MR) is 119 cm³/mol. The number of nitrogens with zero attached hydrogens (tertiary/aromatic N) is 2. The van der Waals surface area contributed by atoms with E-state index in [1.165, 1.54) is 4.90 Å². The monoisotopic (exact) mass is 460 g/mol. The van der Waals surface area contributed by atoms with Gasteiger partial charge in [0.1, 0.15) is 11.1 Å². The molecule has 0 bridgehead atoms.